The van der Waals surface area contributed by atoms with Crippen molar-refractivity contribution in [3.8, 4) is 0 Å². The van der Waals surface area contributed by atoms with Gasteiger partial charge in [-0.1, -0.05) is 121 Å². The van der Waals surface area contributed by atoms with Gasteiger partial charge in [-0.2, -0.15) is 13.2 Å². The molecule has 212 valence electrons. The van der Waals surface area contributed by atoms with Crippen molar-refractivity contribution in [2.24, 2.45) is 5.92 Å². The average Bonchev–Trinajstić information content (AvgIpc) is 2.85. The Morgan fingerprint density at radius 3 is 2.05 bits per heavy atom. The molecule has 1 aromatic carbocycles. The van der Waals surface area contributed by atoms with Crippen molar-refractivity contribution in [3.63, 3.8) is 0 Å². The lowest BCUT2D eigenvalue weighted by Gasteiger charge is -2.33. The van der Waals surface area contributed by atoms with Gasteiger partial charge in [-0.05, 0) is 31.6 Å². The minimum atomic E-state index is -4.96. The third kappa shape index (κ3) is 12.1. The van der Waals surface area contributed by atoms with Crippen LogP contribution in [0.25, 0.3) is 0 Å². The Hall–Kier alpha value is -1.82. The first-order valence-corrected chi connectivity index (χ1v) is 14.2. The van der Waals surface area contributed by atoms with Crippen LogP contribution in [0, 0.1) is 5.92 Å². The van der Waals surface area contributed by atoms with Crippen LogP contribution in [0.3, 0.4) is 0 Å². The maximum absolute atomic E-state index is 14.3. The van der Waals surface area contributed by atoms with E-state index in [1.165, 1.54) is 56.4 Å². The van der Waals surface area contributed by atoms with Gasteiger partial charge in [0.05, 0.1) is 0 Å². The molecule has 0 amide bonds. The molecule has 0 unspecified atom stereocenters. The number of alkyl halides is 3. The highest BCUT2D eigenvalue weighted by Crippen LogP contribution is 2.43. The Kier molecular flexibility index (Phi) is 16.5. The predicted octanol–water partition coefficient (Wildman–Crippen LogP) is 9.70. The maximum atomic E-state index is 14.3. The minimum Gasteiger partial charge on any atom is -0.459 e. The van der Waals surface area contributed by atoms with Crippen LogP contribution in [0.5, 0.6) is 0 Å². The summed E-state index contributed by atoms with van der Waals surface area (Å²) in [6.07, 6.45) is 12.7. The number of halogens is 3. The van der Waals surface area contributed by atoms with E-state index < -0.39 is 23.9 Å². The van der Waals surface area contributed by atoms with Gasteiger partial charge in [0.2, 0.25) is 0 Å². The van der Waals surface area contributed by atoms with E-state index in [4.69, 9.17) is 9.47 Å². The molecule has 37 heavy (non-hydrogen) atoms. The fraction of sp³-hybridized carbons (Fsp3) is 0.710. The van der Waals surface area contributed by atoms with Crippen molar-refractivity contribution in [2.75, 3.05) is 7.11 Å². The van der Waals surface area contributed by atoms with Crippen molar-refractivity contribution in [3.05, 3.63) is 48.0 Å². The molecular weight excluding hydrogens is 477 g/mol. The van der Waals surface area contributed by atoms with Crippen LogP contribution in [0.4, 0.5) is 13.2 Å². The SMILES string of the molecule is CCCCCCC[C@@H](C/C=C/CCCCCCCC(C)C)OC(=O)[C@@](OC)(c1ccccc1)C(F)(F)F. The van der Waals surface area contributed by atoms with E-state index >= 15 is 0 Å². The van der Waals surface area contributed by atoms with Crippen LogP contribution in [-0.4, -0.2) is 25.4 Å². The molecule has 0 aliphatic rings. The highest BCUT2D eigenvalue weighted by Gasteiger charge is 2.64. The van der Waals surface area contributed by atoms with Gasteiger partial charge in [0.15, 0.2) is 0 Å². The second-order valence-corrected chi connectivity index (χ2v) is 10.4. The van der Waals surface area contributed by atoms with E-state index in [1.54, 1.807) is 6.07 Å². The Morgan fingerprint density at radius 1 is 0.865 bits per heavy atom. The second-order valence-electron chi connectivity index (χ2n) is 10.4. The molecule has 0 aliphatic carbocycles. The number of allylic oxidation sites excluding steroid dienone is 1. The largest absolute Gasteiger partial charge is 0.459 e. The van der Waals surface area contributed by atoms with Gasteiger partial charge in [0.25, 0.3) is 5.60 Å². The molecule has 1 aromatic rings. The summed E-state index contributed by atoms with van der Waals surface area (Å²) in [6.45, 7) is 6.63. The smallest absolute Gasteiger partial charge is 0.432 e. The molecule has 0 aliphatic heterocycles. The van der Waals surface area contributed by atoms with Crippen LogP contribution in [0.2, 0.25) is 0 Å². The Balaban J connectivity index is 2.76. The normalized spacial score (nSPS) is 14.7. The van der Waals surface area contributed by atoms with Gasteiger partial charge in [0, 0.05) is 19.1 Å². The van der Waals surface area contributed by atoms with Gasteiger partial charge in [-0.25, -0.2) is 4.79 Å². The minimum absolute atomic E-state index is 0.277. The van der Waals surface area contributed by atoms with Gasteiger partial charge < -0.3 is 9.47 Å². The van der Waals surface area contributed by atoms with Crippen LogP contribution < -0.4 is 0 Å². The number of benzene rings is 1. The van der Waals surface area contributed by atoms with Crippen molar-refractivity contribution in [2.45, 2.75) is 129 Å². The predicted molar refractivity (Wildman–Crippen MR) is 145 cm³/mol. The molecule has 0 spiro atoms. The van der Waals surface area contributed by atoms with E-state index in [9.17, 15) is 18.0 Å². The van der Waals surface area contributed by atoms with Crippen LogP contribution in [0.1, 0.15) is 116 Å². The standard InChI is InChI=1S/C31H49F3O3/c1-5-6-7-12-19-24-28(25-20-14-11-9-8-10-13-16-21-26(2)3)37-29(35)30(36-4,31(32,33)34)27-22-17-15-18-23-27/h14-15,17-18,20,22-23,26,28H,5-13,16,19,21,24-25H2,1-4H3/b20-14+/t28-,30-/m0/s1. The molecule has 0 radical (unpaired) electrons. The first kappa shape index (κ1) is 33.2. The average molecular weight is 527 g/mol. The summed E-state index contributed by atoms with van der Waals surface area (Å²) < 4.78 is 53.2. The zero-order chi connectivity index (χ0) is 27.6. The number of unbranched alkanes of at least 4 members (excludes halogenated alkanes) is 9. The lowest BCUT2D eigenvalue weighted by Crippen LogP contribution is -2.52. The maximum Gasteiger partial charge on any atom is 0.432 e. The third-order valence-corrected chi connectivity index (χ3v) is 6.79. The zero-order valence-electron chi connectivity index (χ0n) is 23.5. The van der Waals surface area contributed by atoms with Gasteiger partial charge in [-0.3, -0.25) is 0 Å². The van der Waals surface area contributed by atoms with E-state index in [1.807, 2.05) is 6.08 Å². The van der Waals surface area contributed by atoms with Crippen molar-refractivity contribution < 1.29 is 27.4 Å². The molecule has 0 N–H and O–H groups in total. The molecule has 0 saturated carbocycles. The quantitative estimate of drug-likeness (QED) is 0.0963. The molecule has 0 bridgehead atoms. The summed E-state index contributed by atoms with van der Waals surface area (Å²) in [7, 11) is 0.907. The molecule has 0 aromatic heterocycles. The Bertz CT molecular complexity index is 746. The van der Waals surface area contributed by atoms with Crippen LogP contribution in [0.15, 0.2) is 42.5 Å². The highest BCUT2D eigenvalue weighted by molar-refractivity contribution is 5.82. The third-order valence-electron chi connectivity index (χ3n) is 6.79. The Morgan fingerprint density at radius 2 is 1.46 bits per heavy atom. The van der Waals surface area contributed by atoms with Crippen LogP contribution >= 0.6 is 0 Å². The highest BCUT2D eigenvalue weighted by atomic mass is 19.4. The molecule has 2 atom stereocenters. The zero-order valence-corrected chi connectivity index (χ0v) is 23.5. The number of carbonyl (C=O) groups is 1. The van der Waals surface area contributed by atoms with Crippen molar-refractivity contribution >= 4 is 5.97 Å². The number of hydrogen-bond acceptors (Lipinski definition) is 3. The van der Waals surface area contributed by atoms with Crippen molar-refractivity contribution in [1.82, 2.24) is 0 Å². The molecule has 6 heteroatoms. The fourth-order valence-electron chi connectivity index (χ4n) is 4.53. The summed E-state index contributed by atoms with van der Waals surface area (Å²) in [5.74, 6) is -0.642. The van der Waals surface area contributed by atoms with Gasteiger partial charge >= 0.3 is 12.1 Å². The fourth-order valence-corrected chi connectivity index (χ4v) is 4.53. The van der Waals surface area contributed by atoms with Gasteiger partial charge in [0.1, 0.15) is 6.10 Å². The first-order valence-electron chi connectivity index (χ1n) is 14.2. The molecule has 0 heterocycles. The van der Waals surface area contributed by atoms with E-state index in [0.717, 1.165) is 58.0 Å². The van der Waals surface area contributed by atoms with E-state index in [0.29, 0.717) is 12.8 Å². The second kappa shape index (κ2) is 18.4. The number of hydrogen-bond donors (Lipinski definition) is 0. The van der Waals surface area contributed by atoms with E-state index in [2.05, 4.69) is 26.8 Å². The Labute approximate surface area is 223 Å². The van der Waals surface area contributed by atoms with Crippen LogP contribution in [-0.2, 0) is 19.9 Å². The van der Waals surface area contributed by atoms with Gasteiger partial charge in [-0.15, -0.1) is 0 Å². The van der Waals surface area contributed by atoms with E-state index in [-0.39, 0.29) is 5.56 Å². The molecule has 3 nitrogen and oxygen atoms in total. The topological polar surface area (TPSA) is 35.5 Å². The summed E-state index contributed by atoms with van der Waals surface area (Å²) in [5, 5.41) is 0. The molecule has 0 saturated heterocycles. The van der Waals surface area contributed by atoms with Crippen molar-refractivity contribution in [1.29, 1.82) is 0 Å². The number of esters is 1. The summed E-state index contributed by atoms with van der Waals surface area (Å²) in [6, 6.07) is 7.02. The monoisotopic (exact) mass is 526 g/mol. The molecular formula is C31H49F3O3. The lowest BCUT2D eigenvalue weighted by molar-refractivity contribution is -0.278. The lowest BCUT2D eigenvalue weighted by atomic mass is 9.92. The number of rotatable bonds is 20. The first-order chi connectivity index (χ1) is 17.7. The number of ether oxygens (including phenoxy) is 2. The molecule has 0 fully saturated rings. The molecule has 1 rings (SSSR count). The summed E-state index contributed by atoms with van der Waals surface area (Å²) in [5.41, 5.74) is -3.42. The number of carbonyl (C=O) groups excluding carboxylic acids is 1. The summed E-state index contributed by atoms with van der Waals surface area (Å²) >= 11 is 0. The number of methoxy groups -OCH3 is 1. The summed E-state index contributed by atoms with van der Waals surface area (Å²) in [4.78, 5) is 13.1.